The van der Waals surface area contributed by atoms with Gasteiger partial charge in [0, 0.05) is 37.2 Å². The first-order valence-corrected chi connectivity index (χ1v) is 8.29. The van der Waals surface area contributed by atoms with Crippen LogP contribution in [0.15, 0.2) is 36.4 Å². The Bertz CT molecular complexity index is 819. The van der Waals surface area contributed by atoms with Gasteiger partial charge in [0.15, 0.2) is 11.6 Å². The third-order valence-corrected chi connectivity index (χ3v) is 4.44. The van der Waals surface area contributed by atoms with Crippen molar-refractivity contribution in [2.24, 2.45) is 0 Å². The number of pyridine rings is 1. The Balaban J connectivity index is 1.65. The van der Waals surface area contributed by atoms with Crippen LogP contribution in [0, 0.1) is 6.92 Å². The third-order valence-electron chi connectivity index (χ3n) is 4.44. The summed E-state index contributed by atoms with van der Waals surface area (Å²) in [6, 6.07) is 11.0. The number of amides is 2. The topological polar surface area (TPSA) is 82.5 Å². The molecule has 25 heavy (non-hydrogen) atoms. The highest BCUT2D eigenvalue weighted by atomic mass is 16.3. The molecule has 0 fully saturated rings. The molecule has 1 unspecified atom stereocenters. The number of anilines is 2. The lowest BCUT2D eigenvalue weighted by atomic mass is 9.96. The van der Waals surface area contributed by atoms with Crippen molar-refractivity contribution in [2.75, 3.05) is 16.8 Å². The molecular weight excluding hydrogens is 318 g/mol. The van der Waals surface area contributed by atoms with Crippen LogP contribution in [-0.4, -0.2) is 28.4 Å². The molecule has 0 saturated carbocycles. The van der Waals surface area contributed by atoms with Crippen molar-refractivity contribution in [3.05, 3.63) is 47.7 Å². The first-order chi connectivity index (χ1) is 12.0. The van der Waals surface area contributed by atoms with E-state index < -0.39 is 0 Å². The van der Waals surface area contributed by atoms with Crippen molar-refractivity contribution in [2.45, 2.75) is 32.6 Å². The fourth-order valence-electron chi connectivity index (χ4n) is 3.18. The highest BCUT2D eigenvalue weighted by Crippen LogP contribution is 2.38. The van der Waals surface area contributed by atoms with Crippen LogP contribution in [0.4, 0.5) is 11.5 Å². The van der Waals surface area contributed by atoms with Crippen molar-refractivity contribution < 1.29 is 14.7 Å². The molecule has 0 aliphatic carbocycles. The largest absolute Gasteiger partial charge is 0.504 e. The van der Waals surface area contributed by atoms with Crippen LogP contribution in [0.1, 0.15) is 36.9 Å². The average molecular weight is 339 g/mol. The highest BCUT2D eigenvalue weighted by molar-refractivity contribution is 5.94. The summed E-state index contributed by atoms with van der Waals surface area (Å²) in [5.74, 6) is 0.0699. The predicted molar refractivity (Wildman–Crippen MR) is 95.7 cm³/mol. The van der Waals surface area contributed by atoms with Gasteiger partial charge in [0.25, 0.3) is 0 Å². The van der Waals surface area contributed by atoms with Crippen LogP contribution in [0.3, 0.4) is 0 Å². The lowest BCUT2D eigenvalue weighted by molar-refractivity contribution is -0.116. The molecule has 1 aromatic heterocycles. The molecule has 2 N–H and O–H groups in total. The van der Waals surface area contributed by atoms with Gasteiger partial charge in [-0.1, -0.05) is 18.2 Å². The maximum absolute atomic E-state index is 12.2. The number of hydrogen-bond acceptors (Lipinski definition) is 4. The quantitative estimate of drug-likeness (QED) is 0.897. The summed E-state index contributed by atoms with van der Waals surface area (Å²) in [7, 11) is 0. The van der Waals surface area contributed by atoms with E-state index in [0.29, 0.717) is 19.4 Å². The van der Waals surface area contributed by atoms with E-state index in [1.54, 1.807) is 24.8 Å². The second-order valence-corrected chi connectivity index (χ2v) is 6.29. The molecule has 0 radical (unpaired) electrons. The number of aromatic nitrogens is 1. The summed E-state index contributed by atoms with van der Waals surface area (Å²) in [5.41, 5.74) is 2.75. The Morgan fingerprint density at radius 2 is 2.04 bits per heavy atom. The number of aryl methyl sites for hydroxylation is 1. The van der Waals surface area contributed by atoms with Crippen LogP contribution < -0.4 is 10.2 Å². The molecule has 6 heteroatoms. The van der Waals surface area contributed by atoms with E-state index in [0.717, 1.165) is 16.9 Å². The Morgan fingerprint density at radius 3 is 2.80 bits per heavy atom. The third kappa shape index (κ3) is 3.63. The van der Waals surface area contributed by atoms with Crippen molar-refractivity contribution in [1.82, 2.24) is 4.98 Å². The van der Waals surface area contributed by atoms with E-state index in [1.165, 1.54) is 6.07 Å². The molecule has 0 spiro atoms. The standard InChI is InChI=1S/C19H21N3O3/c1-12-7-9-17(24)19(20-12)21-18(25)10-8-14-11-22(13(2)23)16-6-4-3-5-15(14)16/h3-7,9,14,24H,8,10-11H2,1-2H3,(H,20,21,25). The molecule has 1 atom stereocenters. The normalized spacial score (nSPS) is 15.8. The summed E-state index contributed by atoms with van der Waals surface area (Å²) < 4.78 is 0. The van der Waals surface area contributed by atoms with Gasteiger partial charge in [0.05, 0.1) is 0 Å². The molecule has 2 aromatic rings. The molecule has 0 saturated heterocycles. The molecule has 1 aromatic carbocycles. The number of fused-ring (bicyclic) bond motifs is 1. The number of benzene rings is 1. The minimum absolute atomic E-state index is 0.00767. The minimum Gasteiger partial charge on any atom is -0.504 e. The summed E-state index contributed by atoms with van der Waals surface area (Å²) in [6.07, 6.45) is 0.916. The van der Waals surface area contributed by atoms with Gasteiger partial charge >= 0.3 is 0 Å². The minimum atomic E-state index is -0.202. The first kappa shape index (κ1) is 17.0. The summed E-state index contributed by atoms with van der Waals surface area (Å²) in [5, 5.41) is 12.4. The Morgan fingerprint density at radius 1 is 1.28 bits per heavy atom. The lowest BCUT2D eigenvalue weighted by Gasteiger charge is -2.15. The van der Waals surface area contributed by atoms with Gasteiger partial charge in [-0.05, 0) is 37.1 Å². The number of nitrogens with zero attached hydrogens (tertiary/aromatic N) is 2. The fraction of sp³-hybridized carbons (Fsp3) is 0.316. The summed E-state index contributed by atoms with van der Waals surface area (Å²) in [4.78, 5) is 29.9. The van der Waals surface area contributed by atoms with Gasteiger partial charge < -0.3 is 15.3 Å². The van der Waals surface area contributed by atoms with E-state index >= 15 is 0 Å². The van der Waals surface area contributed by atoms with Gasteiger partial charge in [-0.2, -0.15) is 0 Å². The molecule has 2 heterocycles. The molecule has 6 nitrogen and oxygen atoms in total. The van der Waals surface area contributed by atoms with E-state index in [1.807, 2.05) is 24.3 Å². The van der Waals surface area contributed by atoms with E-state index in [-0.39, 0.29) is 29.3 Å². The van der Waals surface area contributed by atoms with Gasteiger partial charge in [0.2, 0.25) is 11.8 Å². The van der Waals surface area contributed by atoms with Crippen molar-refractivity contribution in [3.8, 4) is 5.75 Å². The number of carbonyl (C=O) groups is 2. The SMILES string of the molecule is CC(=O)N1CC(CCC(=O)Nc2nc(C)ccc2O)c2ccccc21. The van der Waals surface area contributed by atoms with Crippen LogP contribution >= 0.6 is 0 Å². The number of nitrogens with one attached hydrogen (secondary N) is 1. The van der Waals surface area contributed by atoms with E-state index in [2.05, 4.69) is 10.3 Å². The van der Waals surface area contributed by atoms with Crippen molar-refractivity contribution in [3.63, 3.8) is 0 Å². The predicted octanol–water partition coefficient (Wildman–Crippen LogP) is 2.96. The Kier molecular flexibility index (Phi) is 4.70. The monoisotopic (exact) mass is 339 g/mol. The molecule has 2 amide bonds. The second kappa shape index (κ2) is 6.93. The zero-order chi connectivity index (χ0) is 18.0. The van der Waals surface area contributed by atoms with Gasteiger partial charge in [-0.25, -0.2) is 4.98 Å². The smallest absolute Gasteiger partial charge is 0.225 e. The van der Waals surface area contributed by atoms with E-state index in [4.69, 9.17) is 0 Å². The molecular formula is C19H21N3O3. The van der Waals surface area contributed by atoms with Gasteiger partial charge in [-0.15, -0.1) is 0 Å². The molecule has 130 valence electrons. The Labute approximate surface area is 146 Å². The van der Waals surface area contributed by atoms with E-state index in [9.17, 15) is 14.7 Å². The number of para-hydroxylation sites is 1. The summed E-state index contributed by atoms with van der Waals surface area (Å²) in [6.45, 7) is 3.94. The fourth-order valence-corrected chi connectivity index (χ4v) is 3.18. The van der Waals surface area contributed by atoms with Crippen molar-refractivity contribution >= 4 is 23.3 Å². The summed E-state index contributed by atoms with van der Waals surface area (Å²) >= 11 is 0. The number of aromatic hydroxyl groups is 1. The van der Waals surface area contributed by atoms with Crippen LogP contribution in [0.5, 0.6) is 5.75 Å². The van der Waals surface area contributed by atoms with Gasteiger partial charge in [0.1, 0.15) is 0 Å². The van der Waals surface area contributed by atoms with Crippen LogP contribution in [0.25, 0.3) is 0 Å². The Hall–Kier alpha value is -2.89. The zero-order valence-electron chi connectivity index (χ0n) is 14.3. The molecule has 0 bridgehead atoms. The number of carbonyl (C=O) groups excluding carboxylic acids is 2. The number of hydrogen-bond donors (Lipinski definition) is 2. The molecule has 1 aliphatic rings. The zero-order valence-corrected chi connectivity index (χ0v) is 14.3. The molecule has 3 rings (SSSR count). The first-order valence-electron chi connectivity index (χ1n) is 8.29. The molecule has 1 aliphatic heterocycles. The van der Waals surface area contributed by atoms with Crippen LogP contribution in [-0.2, 0) is 9.59 Å². The van der Waals surface area contributed by atoms with Crippen molar-refractivity contribution in [1.29, 1.82) is 0 Å². The van der Waals surface area contributed by atoms with Crippen LogP contribution in [0.2, 0.25) is 0 Å². The second-order valence-electron chi connectivity index (χ2n) is 6.29. The maximum atomic E-state index is 12.2. The maximum Gasteiger partial charge on any atom is 0.225 e. The average Bonchev–Trinajstić information content (AvgIpc) is 2.95. The van der Waals surface area contributed by atoms with Gasteiger partial charge in [-0.3, -0.25) is 9.59 Å². The number of rotatable bonds is 4. The lowest BCUT2D eigenvalue weighted by Crippen LogP contribution is -2.27. The highest BCUT2D eigenvalue weighted by Gasteiger charge is 2.30.